The average Bonchev–Trinajstić information content (AvgIpc) is 3.35. The molecule has 73 heavy (non-hydrogen) atoms. The highest BCUT2D eigenvalue weighted by atomic mass is 31.2. The van der Waals surface area contributed by atoms with Crippen molar-refractivity contribution in [2.45, 2.75) is 187 Å². The van der Waals surface area contributed by atoms with Gasteiger partial charge in [-0.2, -0.15) is 0 Å². The summed E-state index contributed by atoms with van der Waals surface area (Å²) in [6.45, 7) is 6.44. The summed E-state index contributed by atoms with van der Waals surface area (Å²) in [5.41, 5.74) is 0. The van der Waals surface area contributed by atoms with E-state index in [2.05, 4.69) is 99.0 Å². The van der Waals surface area contributed by atoms with Crippen molar-refractivity contribution in [2.24, 2.45) is 0 Å². The molecular formula is C63H101N2O7P. The van der Waals surface area contributed by atoms with Gasteiger partial charge in [0.25, 0.3) is 7.82 Å². The molecule has 3 unspecified atom stereocenters. The molecule has 0 spiro atoms. The lowest BCUT2D eigenvalue weighted by molar-refractivity contribution is -0.870. The number of nitrogens with zero attached hydrogens (tertiary/aromatic N) is 1. The Morgan fingerprint density at radius 1 is 0.507 bits per heavy atom. The molecule has 0 aliphatic carbocycles. The van der Waals surface area contributed by atoms with E-state index in [1.165, 1.54) is 44.9 Å². The molecule has 0 aromatic heterocycles. The van der Waals surface area contributed by atoms with Crippen LogP contribution in [0.4, 0.5) is 0 Å². The minimum absolute atomic E-state index is 0.0536. The SMILES string of the molecule is CC\C=C/C=C/C=C/C=C\C=C\C=C\CCCCCC(=O)OC(/C=C/CCCCCCCCCCC)C(COP(=O)([O-])OCC[N+](C)(C)C)NC(=O)CC/C=C\C/C=C\C/C=C\C/C=C\C/C=C\C/C=C\CC. The summed E-state index contributed by atoms with van der Waals surface area (Å²) in [7, 11) is 1.08. The molecule has 0 aromatic carbocycles. The second-order valence-electron chi connectivity index (χ2n) is 19.1. The van der Waals surface area contributed by atoms with Gasteiger partial charge in [-0.25, -0.2) is 0 Å². The molecule has 410 valence electrons. The van der Waals surface area contributed by atoms with E-state index in [0.717, 1.165) is 83.5 Å². The first-order valence-electron chi connectivity index (χ1n) is 27.9. The summed E-state index contributed by atoms with van der Waals surface area (Å²) in [5, 5.41) is 2.95. The van der Waals surface area contributed by atoms with Crippen molar-refractivity contribution in [3.8, 4) is 0 Å². The smallest absolute Gasteiger partial charge is 0.306 e. The molecule has 1 amide bonds. The van der Waals surface area contributed by atoms with Crippen molar-refractivity contribution in [3.05, 3.63) is 158 Å². The minimum atomic E-state index is -4.74. The number of carbonyl (C=O) groups is 2. The molecule has 1 N–H and O–H groups in total. The molecule has 0 rings (SSSR count). The molecule has 0 aromatic rings. The number of amides is 1. The predicted molar refractivity (Wildman–Crippen MR) is 311 cm³/mol. The lowest BCUT2D eigenvalue weighted by atomic mass is 10.1. The largest absolute Gasteiger partial charge is 0.756 e. The van der Waals surface area contributed by atoms with Crippen LogP contribution in [0.5, 0.6) is 0 Å². The van der Waals surface area contributed by atoms with Crippen LogP contribution in [0.25, 0.3) is 0 Å². The minimum Gasteiger partial charge on any atom is -0.756 e. The van der Waals surface area contributed by atoms with Gasteiger partial charge in [-0.1, -0.05) is 230 Å². The Morgan fingerprint density at radius 2 is 0.959 bits per heavy atom. The van der Waals surface area contributed by atoms with Gasteiger partial charge in [0.2, 0.25) is 5.91 Å². The van der Waals surface area contributed by atoms with Gasteiger partial charge in [0.05, 0.1) is 33.8 Å². The first kappa shape index (κ1) is 68.6. The maximum absolute atomic E-state index is 13.4. The third-order valence-corrected chi connectivity index (χ3v) is 12.1. The summed E-state index contributed by atoms with van der Waals surface area (Å²) in [5.74, 6) is -0.709. The van der Waals surface area contributed by atoms with Gasteiger partial charge in [-0.3, -0.25) is 14.2 Å². The first-order chi connectivity index (χ1) is 35.4. The van der Waals surface area contributed by atoms with Crippen LogP contribution in [-0.4, -0.2) is 69.4 Å². The molecule has 0 heterocycles. The second-order valence-corrected chi connectivity index (χ2v) is 20.5. The van der Waals surface area contributed by atoms with Crippen LogP contribution in [0.3, 0.4) is 0 Å². The zero-order valence-electron chi connectivity index (χ0n) is 46.5. The van der Waals surface area contributed by atoms with Crippen LogP contribution in [0.1, 0.15) is 175 Å². The lowest BCUT2D eigenvalue weighted by Gasteiger charge is -2.30. The van der Waals surface area contributed by atoms with Crippen molar-refractivity contribution in [1.82, 2.24) is 5.32 Å². The fourth-order valence-electron chi connectivity index (χ4n) is 6.87. The van der Waals surface area contributed by atoms with Crippen molar-refractivity contribution >= 4 is 19.7 Å². The number of carbonyl (C=O) groups excluding carboxylic acids is 2. The fraction of sp³-hybridized carbons (Fsp3) is 0.556. The second kappa shape index (κ2) is 51.1. The maximum Gasteiger partial charge on any atom is 0.306 e. The van der Waals surface area contributed by atoms with E-state index in [1.54, 1.807) is 6.08 Å². The van der Waals surface area contributed by atoms with E-state index in [-0.39, 0.29) is 25.4 Å². The molecule has 0 aliphatic heterocycles. The van der Waals surface area contributed by atoms with Gasteiger partial charge >= 0.3 is 5.97 Å². The molecule has 0 saturated carbocycles. The van der Waals surface area contributed by atoms with Crippen LogP contribution in [0.15, 0.2) is 158 Å². The monoisotopic (exact) mass is 1030 g/mol. The Kier molecular flexibility index (Phi) is 48.1. The summed E-state index contributed by atoms with van der Waals surface area (Å²) >= 11 is 0. The third kappa shape index (κ3) is 52.3. The first-order valence-corrected chi connectivity index (χ1v) is 29.3. The highest BCUT2D eigenvalue weighted by Gasteiger charge is 2.27. The van der Waals surface area contributed by atoms with Crippen molar-refractivity contribution in [2.75, 3.05) is 40.9 Å². The fourth-order valence-corrected chi connectivity index (χ4v) is 7.59. The van der Waals surface area contributed by atoms with Crippen LogP contribution in [-0.2, 0) is 27.9 Å². The van der Waals surface area contributed by atoms with E-state index in [4.69, 9.17) is 13.8 Å². The molecule has 0 fully saturated rings. The third-order valence-electron chi connectivity index (χ3n) is 11.1. The Labute approximate surface area is 446 Å². The average molecular weight is 1030 g/mol. The van der Waals surface area contributed by atoms with Crippen molar-refractivity contribution < 1.29 is 37.3 Å². The van der Waals surface area contributed by atoms with Crippen molar-refractivity contribution in [1.29, 1.82) is 0 Å². The number of likely N-dealkylation sites (N-methyl/N-ethyl adjacent to an activating group) is 1. The van der Waals surface area contributed by atoms with Gasteiger partial charge in [-0.15, -0.1) is 0 Å². The van der Waals surface area contributed by atoms with Crippen molar-refractivity contribution in [3.63, 3.8) is 0 Å². The molecule has 3 atom stereocenters. The number of quaternary nitrogens is 1. The maximum atomic E-state index is 13.4. The molecule has 0 bridgehead atoms. The number of nitrogens with one attached hydrogen (secondary N) is 1. The number of esters is 1. The molecule has 10 heteroatoms. The summed E-state index contributed by atoms with van der Waals surface area (Å²) in [6, 6.07) is -0.959. The lowest BCUT2D eigenvalue weighted by Crippen LogP contribution is -2.47. The van der Waals surface area contributed by atoms with Gasteiger partial charge < -0.3 is 28.5 Å². The van der Waals surface area contributed by atoms with Crippen LogP contribution in [0, 0.1) is 0 Å². The summed E-state index contributed by atoms with van der Waals surface area (Å²) in [4.78, 5) is 39.8. The number of hydrogen-bond acceptors (Lipinski definition) is 7. The Hall–Kier alpha value is -4.37. The number of ether oxygens (including phenoxy) is 1. The van der Waals surface area contributed by atoms with Crippen LogP contribution < -0.4 is 10.2 Å². The van der Waals surface area contributed by atoms with E-state index in [0.29, 0.717) is 23.9 Å². The molecule has 9 nitrogen and oxygen atoms in total. The van der Waals surface area contributed by atoms with E-state index in [1.807, 2.05) is 100 Å². The normalized spacial score (nSPS) is 15.0. The number of allylic oxidation sites excluding steroid dienone is 25. The van der Waals surface area contributed by atoms with E-state index in [9.17, 15) is 19.0 Å². The highest BCUT2D eigenvalue weighted by Crippen LogP contribution is 2.38. The zero-order chi connectivity index (χ0) is 53.6. The Balaban J connectivity index is 5.57. The van der Waals surface area contributed by atoms with Gasteiger partial charge in [0.1, 0.15) is 19.3 Å². The number of rotatable bonds is 47. The molecular weight excluding hydrogens is 928 g/mol. The summed E-state index contributed by atoms with van der Waals surface area (Å²) in [6.07, 6.45) is 75.1. The van der Waals surface area contributed by atoms with E-state index < -0.39 is 32.5 Å². The molecule has 0 saturated heterocycles. The van der Waals surface area contributed by atoms with Crippen LogP contribution in [0.2, 0.25) is 0 Å². The van der Waals surface area contributed by atoms with Gasteiger partial charge in [0, 0.05) is 12.8 Å². The van der Waals surface area contributed by atoms with Gasteiger partial charge in [0.15, 0.2) is 0 Å². The van der Waals surface area contributed by atoms with Gasteiger partial charge in [-0.05, 0) is 89.5 Å². The molecule has 0 aliphatic rings. The number of unbranched alkanes of at least 4 members (excludes halogenated alkanes) is 12. The number of hydrogen-bond donors (Lipinski definition) is 1. The standard InChI is InChI=1S/C63H101N2O7P/c1-7-10-13-16-19-22-25-27-29-31-32-34-35-37-40-43-46-49-52-55-62(66)64-60(59-71-73(68,69)70-58-57-65(4,5)6)61(54-51-48-45-42-39-24-21-18-15-12-9-3)72-63(67)56-53-50-47-44-41-38-36-33-30-28-26-23-20-17-14-11-8-2/h10-11,13-14,17,19-20,22-23,26-30,32-34,36-38,40-41,46,49,51,54,60-61H,7-9,12,15-16,18,21,24-25,31,35,39,42-45,47-48,50,52-53,55-59H2,1-6H3,(H-,64,66,68,69)/b13-10-,14-11-,20-17+,22-19-,26-23+,29-27-,30-28-,34-32-,36-33+,40-37-,41-38+,49-46-,54-51+. The predicted octanol–water partition coefficient (Wildman–Crippen LogP) is 16.2. The Bertz CT molecular complexity index is 1800. The zero-order valence-corrected chi connectivity index (χ0v) is 47.4. The summed E-state index contributed by atoms with van der Waals surface area (Å²) < 4.78 is 30.1. The highest BCUT2D eigenvalue weighted by molar-refractivity contribution is 7.45. The number of phosphoric ester groups is 1. The topological polar surface area (TPSA) is 114 Å². The number of phosphoric acid groups is 1. The molecule has 0 radical (unpaired) electrons. The Morgan fingerprint density at radius 3 is 1.48 bits per heavy atom. The van der Waals surface area contributed by atoms with Crippen LogP contribution >= 0.6 is 7.82 Å². The van der Waals surface area contributed by atoms with E-state index >= 15 is 0 Å². The quantitative estimate of drug-likeness (QED) is 0.0161.